The van der Waals surface area contributed by atoms with Crippen LogP contribution < -0.4 is 10.5 Å². The zero-order valence-corrected chi connectivity index (χ0v) is 10.5. The summed E-state index contributed by atoms with van der Waals surface area (Å²) in [5, 5.41) is 0. The van der Waals surface area contributed by atoms with Crippen molar-refractivity contribution in [2.45, 2.75) is 24.9 Å². The molecule has 3 heterocycles. The van der Waals surface area contributed by atoms with E-state index in [1.165, 1.54) is 0 Å². The molecule has 0 radical (unpaired) electrons. The second kappa shape index (κ2) is 4.15. The van der Waals surface area contributed by atoms with Crippen molar-refractivity contribution in [3.05, 3.63) is 28.7 Å². The molecule has 3 rings (SSSR count). The number of amides is 1. The van der Waals surface area contributed by atoms with E-state index in [2.05, 4.69) is 4.90 Å². The van der Waals surface area contributed by atoms with Gasteiger partial charge in [-0.2, -0.15) is 0 Å². The van der Waals surface area contributed by atoms with Crippen LogP contribution in [0.5, 0.6) is 0 Å². The number of anilines is 1. The molecule has 18 heavy (non-hydrogen) atoms. The molecule has 0 N–H and O–H groups in total. The molecule has 1 aromatic heterocycles. The van der Waals surface area contributed by atoms with E-state index in [9.17, 15) is 9.59 Å². The molecule has 0 aliphatic carbocycles. The number of nitrogens with zero attached hydrogens (tertiary/aromatic N) is 3. The lowest BCUT2D eigenvalue weighted by atomic mass is 10.2. The molecule has 2 bridgehead atoms. The summed E-state index contributed by atoms with van der Waals surface area (Å²) in [5.74, 6) is 0. The van der Waals surface area contributed by atoms with Crippen LogP contribution in [-0.4, -0.2) is 41.1 Å². The molecule has 0 saturated carbocycles. The van der Waals surface area contributed by atoms with Gasteiger partial charge in [-0.3, -0.25) is 9.59 Å². The first-order valence-corrected chi connectivity index (χ1v) is 6.33. The standard InChI is InChI=1S/C13H17N3O2/c1-14-5-4-10(6-13(14)18)15-7-11-2-3-12(8-15)16(11)9-17/h4-6,9,11-12H,2-3,7-8H2,1H3/t11-,12+. The van der Waals surface area contributed by atoms with Gasteiger partial charge < -0.3 is 14.4 Å². The Morgan fingerprint density at radius 1 is 1.28 bits per heavy atom. The van der Waals surface area contributed by atoms with Crippen LogP contribution in [0.2, 0.25) is 0 Å². The van der Waals surface area contributed by atoms with E-state index in [1.54, 1.807) is 23.9 Å². The second-order valence-electron chi connectivity index (χ2n) is 5.18. The van der Waals surface area contributed by atoms with Crippen LogP contribution in [-0.2, 0) is 11.8 Å². The van der Waals surface area contributed by atoms with Crippen LogP contribution in [0, 0.1) is 0 Å². The lowest BCUT2D eigenvalue weighted by Crippen LogP contribution is -2.53. The third-order valence-electron chi connectivity index (χ3n) is 4.11. The third-order valence-corrected chi connectivity index (χ3v) is 4.11. The number of hydrogen-bond donors (Lipinski definition) is 0. The average molecular weight is 247 g/mol. The Morgan fingerprint density at radius 3 is 2.50 bits per heavy atom. The number of aromatic nitrogens is 1. The topological polar surface area (TPSA) is 45.5 Å². The Balaban J connectivity index is 1.85. The van der Waals surface area contributed by atoms with Crippen molar-refractivity contribution >= 4 is 12.1 Å². The van der Waals surface area contributed by atoms with Crippen molar-refractivity contribution in [1.29, 1.82) is 0 Å². The zero-order chi connectivity index (χ0) is 12.7. The Morgan fingerprint density at radius 2 is 1.94 bits per heavy atom. The van der Waals surface area contributed by atoms with E-state index in [0.29, 0.717) is 12.1 Å². The maximum Gasteiger partial charge on any atom is 0.252 e. The van der Waals surface area contributed by atoms with Gasteiger partial charge >= 0.3 is 0 Å². The smallest absolute Gasteiger partial charge is 0.252 e. The van der Waals surface area contributed by atoms with E-state index in [0.717, 1.165) is 38.0 Å². The minimum absolute atomic E-state index is 0.0117. The summed E-state index contributed by atoms with van der Waals surface area (Å²) < 4.78 is 1.57. The molecule has 2 fully saturated rings. The van der Waals surface area contributed by atoms with Gasteiger partial charge in [-0.15, -0.1) is 0 Å². The highest BCUT2D eigenvalue weighted by Crippen LogP contribution is 2.30. The Bertz CT molecular complexity index is 511. The van der Waals surface area contributed by atoms with Gasteiger partial charge in [-0.25, -0.2) is 0 Å². The first-order chi connectivity index (χ1) is 8.69. The Kier molecular flexibility index (Phi) is 2.61. The minimum atomic E-state index is 0.0117. The van der Waals surface area contributed by atoms with Crippen LogP contribution >= 0.6 is 0 Å². The monoisotopic (exact) mass is 247 g/mol. The number of fused-ring (bicyclic) bond motifs is 2. The summed E-state index contributed by atoms with van der Waals surface area (Å²) in [7, 11) is 1.75. The van der Waals surface area contributed by atoms with E-state index in [-0.39, 0.29) is 5.56 Å². The van der Waals surface area contributed by atoms with Gasteiger partial charge in [-0.05, 0) is 18.9 Å². The normalized spacial score (nSPS) is 26.5. The van der Waals surface area contributed by atoms with Crippen molar-refractivity contribution in [2.24, 2.45) is 7.05 Å². The van der Waals surface area contributed by atoms with Gasteiger partial charge in [-0.1, -0.05) is 0 Å². The van der Waals surface area contributed by atoms with Gasteiger partial charge in [0.15, 0.2) is 0 Å². The Labute approximate surface area is 106 Å². The van der Waals surface area contributed by atoms with Crippen molar-refractivity contribution < 1.29 is 4.79 Å². The molecule has 1 aromatic rings. The highest BCUT2D eigenvalue weighted by Gasteiger charge is 2.39. The van der Waals surface area contributed by atoms with Crippen molar-refractivity contribution in [1.82, 2.24) is 9.47 Å². The molecular formula is C13H17N3O2. The molecule has 2 aliphatic rings. The summed E-state index contributed by atoms with van der Waals surface area (Å²) in [6, 6.07) is 4.27. The fourth-order valence-electron chi connectivity index (χ4n) is 3.05. The van der Waals surface area contributed by atoms with Gasteiger partial charge in [0, 0.05) is 50.2 Å². The fourth-order valence-corrected chi connectivity index (χ4v) is 3.05. The third kappa shape index (κ3) is 1.70. The number of rotatable bonds is 2. The lowest BCUT2D eigenvalue weighted by Gasteiger charge is -2.40. The number of hydrogen-bond acceptors (Lipinski definition) is 3. The number of aryl methyl sites for hydroxylation is 1. The molecular weight excluding hydrogens is 230 g/mol. The minimum Gasteiger partial charge on any atom is -0.367 e. The van der Waals surface area contributed by atoms with Crippen LogP contribution in [0.25, 0.3) is 0 Å². The lowest BCUT2D eigenvalue weighted by molar-refractivity contribution is -0.121. The van der Waals surface area contributed by atoms with E-state index in [4.69, 9.17) is 0 Å². The summed E-state index contributed by atoms with van der Waals surface area (Å²) in [5.41, 5.74) is 0.984. The molecule has 1 amide bonds. The molecule has 5 heteroatoms. The quantitative estimate of drug-likeness (QED) is 0.701. The predicted molar refractivity (Wildman–Crippen MR) is 68.6 cm³/mol. The molecule has 2 saturated heterocycles. The Hall–Kier alpha value is -1.78. The van der Waals surface area contributed by atoms with E-state index < -0.39 is 0 Å². The molecule has 96 valence electrons. The highest BCUT2D eigenvalue weighted by molar-refractivity contribution is 5.53. The van der Waals surface area contributed by atoms with Crippen molar-refractivity contribution in [3.8, 4) is 0 Å². The largest absolute Gasteiger partial charge is 0.367 e. The van der Waals surface area contributed by atoms with Gasteiger partial charge in [0.05, 0.1) is 0 Å². The van der Waals surface area contributed by atoms with Crippen LogP contribution in [0.3, 0.4) is 0 Å². The molecule has 0 spiro atoms. The number of carbonyl (C=O) groups excluding carboxylic acids is 1. The summed E-state index contributed by atoms with van der Waals surface area (Å²) in [6.45, 7) is 1.67. The number of pyridine rings is 1. The first kappa shape index (κ1) is 11.3. The highest BCUT2D eigenvalue weighted by atomic mass is 16.1. The molecule has 2 atom stereocenters. The second-order valence-corrected chi connectivity index (χ2v) is 5.18. The van der Waals surface area contributed by atoms with Crippen LogP contribution in [0.4, 0.5) is 5.69 Å². The zero-order valence-electron chi connectivity index (χ0n) is 10.5. The maximum absolute atomic E-state index is 11.7. The van der Waals surface area contributed by atoms with E-state index in [1.807, 2.05) is 11.0 Å². The maximum atomic E-state index is 11.7. The summed E-state index contributed by atoms with van der Waals surface area (Å²) >= 11 is 0. The van der Waals surface area contributed by atoms with Gasteiger partial charge in [0.2, 0.25) is 6.41 Å². The summed E-state index contributed by atoms with van der Waals surface area (Å²) in [6.07, 6.45) is 4.92. The van der Waals surface area contributed by atoms with Crippen LogP contribution in [0.15, 0.2) is 23.1 Å². The predicted octanol–water partition coefficient (Wildman–Crippen LogP) is 0.195. The van der Waals surface area contributed by atoms with Gasteiger partial charge in [0.1, 0.15) is 0 Å². The molecule has 2 aliphatic heterocycles. The summed E-state index contributed by atoms with van der Waals surface area (Å²) in [4.78, 5) is 26.8. The average Bonchev–Trinajstić information content (AvgIpc) is 2.61. The number of piperazine rings is 1. The van der Waals surface area contributed by atoms with Gasteiger partial charge in [0.25, 0.3) is 5.56 Å². The van der Waals surface area contributed by atoms with Crippen LogP contribution in [0.1, 0.15) is 12.8 Å². The van der Waals surface area contributed by atoms with E-state index >= 15 is 0 Å². The number of carbonyl (C=O) groups is 1. The molecule has 0 aromatic carbocycles. The molecule has 0 unspecified atom stereocenters. The van der Waals surface area contributed by atoms with Crippen molar-refractivity contribution in [2.75, 3.05) is 18.0 Å². The SMILES string of the molecule is Cn1ccc(N2C[C@H]3CC[C@@H](C2)N3C=O)cc1=O. The first-order valence-electron chi connectivity index (χ1n) is 6.33. The molecule has 5 nitrogen and oxygen atoms in total. The fraction of sp³-hybridized carbons (Fsp3) is 0.538. The van der Waals surface area contributed by atoms with Crippen molar-refractivity contribution in [3.63, 3.8) is 0 Å².